The zero-order valence-electron chi connectivity index (χ0n) is 23.8. The third kappa shape index (κ3) is 7.11. The van der Waals surface area contributed by atoms with Gasteiger partial charge in [0.25, 0.3) is 0 Å². The number of hydrogen-bond acceptors (Lipinski definition) is 7. The summed E-state index contributed by atoms with van der Waals surface area (Å²) in [5.74, 6) is -0.613. The summed E-state index contributed by atoms with van der Waals surface area (Å²) in [5, 5.41) is 0. The maximum absolute atomic E-state index is 13.5. The minimum Gasteiger partial charge on any atom is -0.444 e. The number of piperidine rings is 1. The van der Waals surface area contributed by atoms with E-state index in [1.165, 1.54) is 32.9 Å². The Labute approximate surface area is 233 Å². The van der Waals surface area contributed by atoms with Crippen molar-refractivity contribution in [1.29, 1.82) is 0 Å². The van der Waals surface area contributed by atoms with Gasteiger partial charge in [-0.2, -0.15) is 8.61 Å². The second-order valence-corrected chi connectivity index (χ2v) is 14.9. The highest BCUT2D eigenvalue weighted by atomic mass is 32.2. The van der Waals surface area contributed by atoms with E-state index in [1.54, 1.807) is 44.4 Å². The number of amides is 2. The maximum Gasteiger partial charge on any atom is 0.410 e. The molecule has 0 aromatic heterocycles. The van der Waals surface area contributed by atoms with Crippen LogP contribution >= 0.6 is 0 Å². The Morgan fingerprint density at radius 1 is 0.949 bits per heavy atom. The van der Waals surface area contributed by atoms with Crippen molar-refractivity contribution in [1.82, 2.24) is 18.4 Å². The Morgan fingerprint density at radius 2 is 1.54 bits per heavy atom. The topological polar surface area (TPSA) is 125 Å². The number of carbonyl (C=O) groups is 2. The fourth-order valence-corrected chi connectivity index (χ4v) is 8.00. The molecule has 13 heteroatoms. The summed E-state index contributed by atoms with van der Waals surface area (Å²) in [6, 6.07) is 5.04. The highest BCUT2D eigenvalue weighted by Crippen LogP contribution is 2.27. The molecule has 0 unspecified atom stereocenters. The SMILES string of the molecule is CCN(CC)S(=O)(=O)c1ccc(S(=O)(=O)N2CCC[C@@H](C(=O)N3CCN(C(=O)OC(C)(C)C)C[C@@H]3C)C2)cc1. The molecule has 0 bridgehead atoms. The monoisotopic (exact) mass is 586 g/mol. The van der Waals surface area contributed by atoms with Gasteiger partial charge in [0, 0.05) is 51.9 Å². The summed E-state index contributed by atoms with van der Waals surface area (Å²) in [7, 11) is -7.62. The zero-order valence-corrected chi connectivity index (χ0v) is 25.4. The largest absolute Gasteiger partial charge is 0.444 e. The second-order valence-electron chi connectivity index (χ2n) is 11.1. The average molecular weight is 587 g/mol. The summed E-state index contributed by atoms with van der Waals surface area (Å²) in [6.45, 7) is 12.8. The van der Waals surface area contributed by atoms with Gasteiger partial charge in [-0.25, -0.2) is 21.6 Å². The molecule has 3 rings (SSSR count). The van der Waals surface area contributed by atoms with Crippen LogP contribution in [0.25, 0.3) is 0 Å². The van der Waals surface area contributed by atoms with E-state index < -0.39 is 37.7 Å². The first-order chi connectivity index (χ1) is 18.1. The summed E-state index contributed by atoms with van der Waals surface area (Å²) >= 11 is 0. The van der Waals surface area contributed by atoms with Crippen LogP contribution in [0.15, 0.2) is 34.1 Å². The molecule has 2 aliphatic rings. The molecule has 0 radical (unpaired) electrons. The van der Waals surface area contributed by atoms with E-state index in [2.05, 4.69) is 0 Å². The van der Waals surface area contributed by atoms with Crippen LogP contribution in [0.3, 0.4) is 0 Å². The van der Waals surface area contributed by atoms with Gasteiger partial charge in [-0.15, -0.1) is 0 Å². The molecule has 220 valence electrons. The van der Waals surface area contributed by atoms with Crippen LogP contribution < -0.4 is 0 Å². The molecule has 0 N–H and O–H groups in total. The molecule has 2 heterocycles. The predicted octanol–water partition coefficient (Wildman–Crippen LogP) is 2.59. The quantitative estimate of drug-likeness (QED) is 0.481. The lowest BCUT2D eigenvalue weighted by molar-refractivity contribution is -0.141. The highest BCUT2D eigenvalue weighted by molar-refractivity contribution is 7.89. The predicted molar refractivity (Wildman–Crippen MR) is 147 cm³/mol. The lowest BCUT2D eigenvalue weighted by atomic mass is 9.97. The van der Waals surface area contributed by atoms with Gasteiger partial charge in [0.2, 0.25) is 26.0 Å². The molecule has 1 aromatic carbocycles. The Bertz CT molecular complexity index is 1240. The van der Waals surface area contributed by atoms with Crippen molar-refractivity contribution >= 4 is 32.0 Å². The van der Waals surface area contributed by atoms with Crippen molar-refractivity contribution in [2.45, 2.75) is 75.8 Å². The lowest BCUT2D eigenvalue weighted by Crippen LogP contribution is -2.58. The van der Waals surface area contributed by atoms with Crippen molar-refractivity contribution < 1.29 is 31.2 Å². The Balaban J connectivity index is 1.68. The summed E-state index contributed by atoms with van der Waals surface area (Å²) in [4.78, 5) is 29.3. The zero-order chi connectivity index (χ0) is 29.2. The molecule has 2 amide bonds. The van der Waals surface area contributed by atoms with Crippen molar-refractivity contribution in [2.24, 2.45) is 5.92 Å². The van der Waals surface area contributed by atoms with Gasteiger partial charge in [0.05, 0.1) is 15.7 Å². The van der Waals surface area contributed by atoms with Gasteiger partial charge < -0.3 is 14.5 Å². The molecule has 11 nitrogen and oxygen atoms in total. The van der Waals surface area contributed by atoms with Gasteiger partial charge in [0.1, 0.15) is 5.60 Å². The number of benzene rings is 1. The first-order valence-electron chi connectivity index (χ1n) is 13.5. The van der Waals surface area contributed by atoms with Gasteiger partial charge >= 0.3 is 6.09 Å². The fourth-order valence-electron chi connectivity index (χ4n) is 5.02. The van der Waals surface area contributed by atoms with Gasteiger partial charge in [0.15, 0.2) is 0 Å². The second kappa shape index (κ2) is 12.1. The summed E-state index contributed by atoms with van der Waals surface area (Å²) < 4.78 is 60.4. The number of piperazine rings is 1. The van der Waals surface area contributed by atoms with E-state index >= 15 is 0 Å². The minimum atomic E-state index is -3.92. The van der Waals surface area contributed by atoms with Crippen molar-refractivity contribution in [3.05, 3.63) is 24.3 Å². The van der Waals surface area contributed by atoms with Gasteiger partial charge in [-0.1, -0.05) is 13.8 Å². The first-order valence-corrected chi connectivity index (χ1v) is 16.4. The van der Waals surface area contributed by atoms with Crippen LogP contribution in [0.1, 0.15) is 54.4 Å². The maximum atomic E-state index is 13.5. The molecule has 2 fully saturated rings. The molecular weight excluding hydrogens is 544 g/mol. The van der Waals surface area contributed by atoms with E-state index in [-0.39, 0.29) is 34.8 Å². The molecule has 0 spiro atoms. The smallest absolute Gasteiger partial charge is 0.410 e. The van der Waals surface area contributed by atoms with E-state index in [0.29, 0.717) is 45.6 Å². The lowest BCUT2D eigenvalue weighted by Gasteiger charge is -2.42. The van der Waals surface area contributed by atoms with Gasteiger partial charge in [-0.05, 0) is 64.8 Å². The number of rotatable bonds is 7. The summed E-state index contributed by atoms with van der Waals surface area (Å²) in [5.41, 5.74) is -0.607. The number of hydrogen-bond donors (Lipinski definition) is 0. The molecular formula is C26H42N4O7S2. The van der Waals surface area contributed by atoms with E-state index in [0.717, 1.165) is 0 Å². The minimum absolute atomic E-state index is 0.00608. The normalized spacial score (nSPS) is 21.7. The number of ether oxygens (including phenoxy) is 1. The molecule has 39 heavy (non-hydrogen) atoms. The van der Waals surface area contributed by atoms with Crippen LogP contribution in [0.5, 0.6) is 0 Å². The van der Waals surface area contributed by atoms with Crippen molar-refractivity contribution in [3.8, 4) is 0 Å². The Kier molecular flexibility index (Phi) is 9.72. The van der Waals surface area contributed by atoms with E-state index in [1.807, 2.05) is 6.92 Å². The number of carbonyl (C=O) groups excluding carboxylic acids is 2. The molecule has 2 atom stereocenters. The number of sulfonamides is 2. The van der Waals surface area contributed by atoms with Crippen LogP contribution in [0, 0.1) is 5.92 Å². The Morgan fingerprint density at radius 3 is 2.08 bits per heavy atom. The molecule has 0 saturated carbocycles. The van der Waals surface area contributed by atoms with E-state index in [9.17, 15) is 26.4 Å². The fraction of sp³-hybridized carbons (Fsp3) is 0.692. The van der Waals surface area contributed by atoms with Crippen LogP contribution in [-0.2, 0) is 29.6 Å². The molecule has 2 saturated heterocycles. The molecule has 2 aliphatic heterocycles. The standard InChI is InChI=1S/C26H42N4O7S2/c1-7-28(8-2)38(33,34)22-11-13-23(14-12-22)39(35,36)29-15-9-10-21(19-29)24(31)30-17-16-27(18-20(30)3)25(32)37-26(4,5)6/h11-14,20-21H,7-10,15-19H2,1-6H3/t20-,21+/m0/s1. The molecule has 0 aliphatic carbocycles. The van der Waals surface area contributed by atoms with Crippen molar-refractivity contribution in [2.75, 3.05) is 45.8 Å². The number of nitrogens with zero attached hydrogens (tertiary/aromatic N) is 4. The highest BCUT2D eigenvalue weighted by Gasteiger charge is 2.39. The van der Waals surface area contributed by atoms with Crippen molar-refractivity contribution in [3.63, 3.8) is 0 Å². The third-order valence-corrected chi connectivity index (χ3v) is 11.0. The van der Waals surface area contributed by atoms with Gasteiger partial charge in [-0.3, -0.25) is 4.79 Å². The summed E-state index contributed by atoms with van der Waals surface area (Å²) in [6.07, 6.45) is 0.702. The van der Waals surface area contributed by atoms with Crippen LogP contribution in [-0.4, -0.2) is 105 Å². The first kappa shape index (κ1) is 31.3. The van der Waals surface area contributed by atoms with Crippen LogP contribution in [0.4, 0.5) is 4.79 Å². The van der Waals surface area contributed by atoms with E-state index in [4.69, 9.17) is 4.74 Å². The molecule has 1 aromatic rings. The van der Waals surface area contributed by atoms with Crippen LogP contribution in [0.2, 0.25) is 0 Å². The third-order valence-electron chi connectivity index (χ3n) is 7.10. The Hall–Kier alpha value is -2.22. The average Bonchev–Trinajstić information content (AvgIpc) is 2.88.